The van der Waals surface area contributed by atoms with Crippen molar-refractivity contribution in [2.24, 2.45) is 0 Å². The number of nitrogens with one attached hydrogen (secondary N) is 2. The van der Waals surface area contributed by atoms with Crippen molar-refractivity contribution >= 4 is 17.7 Å². The second-order valence-corrected chi connectivity index (χ2v) is 12.7. The van der Waals surface area contributed by atoms with Crippen LogP contribution in [-0.4, -0.2) is 103 Å². The Labute approximate surface area is 261 Å². The Kier molecular flexibility index (Phi) is 12.9. The minimum atomic E-state index is -1.05. The molecule has 4 N–H and O–H groups in total. The van der Waals surface area contributed by atoms with Crippen molar-refractivity contribution in [3.63, 3.8) is 0 Å². The smallest absolute Gasteiger partial charge is 0.245 e. The van der Waals surface area contributed by atoms with Gasteiger partial charge in [-0.1, -0.05) is 42.5 Å². The van der Waals surface area contributed by atoms with E-state index in [9.17, 15) is 24.6 Å². The number of carbonyl (C=O) groups excluding carboxylic acids is 3. The third-order valence-corrected chi connectivity index (χ3v) is 8.02. The molecule has 1 fully saturated rings. The van der Waals surface area contributed by atoms with Crippen molar-refractivity contribution in [3.8, 4) is 0 Å². The monoisotopic (exact) mass is 610 g/mol. The molecular weight excluding hydrogens is 560 g/mol. The minimum absolute atomic E-state index is 0.00529. The number of ether oxygens (including phenoxy) is 1. The second kappa shape index (κ2) is 16.1. The minimum Gasteiger partial charge on any atom is -0.391 e. The third-order valence-electron chi connectivity index (χ3n) is 8.02. The molecule has 1 aliphatic heterocycles. The van der Waals surface area contributed by atoms with E-state index in [2.05, 4.69) is 47.9 Å². The molecule has 3 atom stereocenters. The van der Waals surface area contributed by atoms with Crippen LogP contribution in [0.5, 0.6) is 0 Å². The Morgan fingerprint density at radius 3 is 2.36 bits per heavy atom. The molecule has 2 aromatic carbocycles. The first kappa shape index (κ1) is 35.2. The molecule has 10 heteroatoms. The van der Waals surface area contributed by atoms with Gasteiger partial charge in [0, 0.05) is 40.0 Å². The van der Waals surface area contributed by atoms with Gasteiger partial charge in [-0.25, -0.2) is 0 Å². The lowest BCUT2D eigenvalue weighted by molar-refractivity contribution is -0.132. The maximum Gasteiger partial charge on any atom is 0.245 e. The molecular formula is C34H50N4O6. The molecule has 0 aliphatic carbocycles. The van der Waals surface area contributed by atoms with Crippen molar-refractivity contribution in [2.75, 3.05) is 47.4 Å². The van der Waals surface area contributed by atoms with E-state index in [4.69, 9.17) is 4.74 Å². The summed E-state index contributed by atoms with van der Waals surface area (Å²) in [7, 11) is 5.23. The van der Waals surface area contributed by atoms with Gasteiger partial charge in [0.2, 0.25) is 17.7 Å². The summed E-state index contributed by atoms with van der Waals surface area (Å²) < 4.78 is 5.72. The normalized spacial score (nSPS) is 18.6. The lowest BCUT2D eigenvalue weighted by Crippen LogP contribution is -2.55. The molecule has 1 saturated heterocycles. The molecule has 242 valence electrons. The lowest BCUT2D eigenvalue weighted by Gasteiger charge is -2.31. The van der Waals surface area contributed by atoms with Crippen LogP contribution >= 0.6 is 0 Å². The third kappa shape index (κ3) is 10.7. The molecule has 0 spiro atoms. The summed E-state index contributed by atoms with van der Waals surface area (Å²) in [6, 6.07) is 14.5. The number of rotatable bonds is 14. The fraction of sp³-hybridized carbons (Fsp3) is 0.559. The van der Waals surface area contributed by atoms with Gasteiger partial charge in [-0.05, 0) is 74.9 Å². The number of amides is 3. The first-order chi connectivity index (χ1) is 20.7. The van der Waals surface area contributed by atoms with Crippen molar-refractivity contribution in [1.29, 1.82) is 0 Å². The quantitative estimate of drug-likeness (QED) is 0.258. The summed E-state index contributed by atoms with van der Waals surface area (Å²) in [6.07, 6.45) is 0.974. The molecule has 3 amide bonds. The maximum atomic E-state index is 12.7. The number of aryl methyl sites for hydroxylation is 2. The topological polar surface area (TPSA) is 131 Å². The van der Waals surface area contributed by atoms with E-state index >= 15 is 0 Å². The Hall–Kier alpha value is -3.31. The lowest BCUT2D eigenvalue weighted by atomic mass is 9.92. The molecule has 10 nitrogen and oxygen atoms in total. The highest BCUT2D eigenvalue weighted by atomic mass is 16.5. The molecule has 0 aromatic heterocycles. The highest BCUT2D eigenvalue weighted by molar-refractivity contribution is 5.90. The number of nitrogens with zero attached hydrogens (tertiary/aromatic N) is 2. The van der Waals surface area contributed by atoms with Crippen molar-refractivity contribution in [1.82, 2.24) is 20.4 Å². The highest BCUT2D eigenvalue weighted by Gasteiger charge is 2.31. The van der Waals surface area contributed by atoms with Gasteiger partial charge in [0.25, 0.3) is 0 Å². The van der Waals surface area contributed by atoms with Gasteiger partial charge < -0.3 is 30.5 Å². The molecule has 3 rings (SSSR count). The van der Waals surface area contributed by atoms with E-state index in [0.29, 0.717) is 32.4 Å². The van der Waals surface area contributed by atoms with E-state index in [1.165, 1.54) is 4.90 Å². The second-order valence-electron chi connectivity index (χ2n) is 12.7. The zero-order valence-corrected chi connectivity index (χ0v) is 27.1. The van der Waals surface area contributed by atoms with Crippen LogP contribution in [0.15, 0.2) is 42.5 Å². The van der Waals surface area contributed by atoms with E-state index < -0.39 is 23.9 Å². The van der Waals surface area contributed by atoms with Crippen LogP contribution < -0.4 is 10.6 Å². The number of likely N-dealkylation sites (N-methyl/N-ethyl adjacent to an activating group) is 2. The first-order valence-corrected chi connectivity index (χ1v) is 15.4. The summed E-state index contributed by atoms with van der Waals surface area (Å²) >= 11 is 0. The number of benzene rings is 2. The predicted octanol–water partition coefficient (Wildman–Crippen LogP) is 2.12. The standard InChI is InChI=1S/C34H50N4O6/c1-23-10-15-26(32-29(40)20-28(39)22-44-32)19-27(23)18-25-13-11-24(12-14-25)8-7-9-30(41)36-34(2,3)33(43)35-16-17-38(6)21-31(42)37(4)5/h10-15,19,28-29,32,39-40H,7-9,16-18,20-22H2,1-6H3,(H,35,43)(H,36,41)/t28?,29?,32-/m0/s1. The Bertz CT molecular complexity index is 1260. The molecule has 2 aromatic rings. The molecule has 0 saturated carbocycles. The van der Waals surface area contributed by atoms with E-state index in [-0.39, 0.29) is 30.9 Å². The number of hydrogen-bond donors (Lipinski definition) is 4. The summed E-state index contributed by atoms with van der Waals surface area (Å²) in [5.41, 5.74) is 4.49. The molecule has 1 heterocycles. The van der Waals surface area contributed by atoms with Gasteiger partial charge in [0.15, 0.2) is 0 Å². The van der Waals surface area contributed by atoms with Gasteiger partial charge in [0.05, 0.1) is 25.4 Å². The van der Waals surface area contributed by atoms with E-state index in [1.54, 1.807) is 27.9 Å². The molecule has 1 aliphatic rings. The average Bonchev–Trinajstić information content (AvgIpc) is 2.95. The zero-order valence-electron chi connectivity index (χ0n) is 27.1. The molecule has 44 heavy (non-hydrogen) atoms. The first-order valence-electron chi connectivity index (χ1n) is 15.4. The average molecular weight is 611 g/mol. The van der Waals surface area contributed by atoms with Gasteiger partial charge >= 0.3 is 0 Å². The number of aliphatic hydroxyl groups excluding tert-OH is 2. The van der Waals surface area contributed by atoms with Crippen LogP contribution in [0.3, 0.4) is 0 Å². The summed E-state index contributed by atoms with van der Waals surface area (Å²) in [6.45, 7) is 6.83. The Balaban J connectivity index is 1.42. The van der Waals surface area contributed by atoms with E-state index in [0.717, 1.165) is 40.7 Å². The van der Waals surface area contributed by atoms with Crippen LogP contribution in [0.2, 0.25) is 0 Å². The number of hydrogen-bond acceptors (Lipinski definition) is 7. The van der Waals surface area contributed by atoms with Crippen LogP contribution in [0.1, 0.15) is 67.0 Å². The fourth-order valence-electron chi connectivity index (χ4n) is 5.17. The van der Waals surface area contributed by atoms with Gasteiger partial charge in [-0.2, -0.15) is 0 Å². The molecule has 0 bridgehead atoms. The van der Waals surface area contributed by atoms with Gasteiger partial charge in [-0.15, -0.1) is 0 Å². The van der Waals surface area contributed by atoms with Crippen LogP contribution in [-0.2, 0) is 32.0 Å². The van der Waals surface area contributed by atoms with Crippen molar-refractivity contribution in [2.45, 2.75) is 76.7 Å². The Morgan fingerprint density at radius 1 is 1.02 bits per heavy atom. The van der Waals surface area contributed by atoms with Crippen molar-refractivity contribution in [3.05, 3.63) is 70.3 Å². The fourth-order valence-corrected chi connectivity index (χ4v) is 5.17. The highest BCUT2D eigenvalue weighted by Crippen LogP contribution is 2.30. The summed E-state index contributed by atoms with van der Waals surface area (Å²) in [4.78, 5) is 40.5. The molecule has 2 unspecified atom stereocenters. The Morgan fingerprint density at radius 2 is 1.70 bits per heavy atom. The van der Waals surface area contributed by atoms with Gasteiger partial charge in [-0.3, -0.25) is 19.3 Å². The molecule has 0 radical (unpaired) electrons. The van der Waals surface area contributed by atoms with Crippen LogP contribution in [0, 0.1) is 6.92 Å². The summed E-state index contributed by atoms with van der Waals surface area (Å²) in [5, 5.41) is 25.8. The maximum absolute atomic E-state index is 12.7. The zero-order chi connectivity index (χ0) is 32.4. The SMILES string of the molecule is Cc1ccc([C@@H]2OCC(O)CC2O)cc1Cc1ccc(CCCC(=O)NC(C)(C)C(=O)NCCN(C)CC(=O)N(C)C)cc1. The number of aliphatic hydroxyl groups is 2. The largest absolute Gasteiger partial charge is 0.391 e. The summed E-state index contributed by atoms with van der Waals surface area (Å²) in [5.74, 6) is -0.447. The predicted molar refractivity (Wildman–Crippen MR) is 170 cm³/mol. The van der Waals surface area contributed by atoms with E-state index in [1.807, 2.05) is 24.1 Å². The number of carbonyl (C=O) groups is 3. The van der Waals surface area contributed by atoms with Gasteiger partial charge in [0.1, 0.15) is 11.6 Å². The van der Waals surface area contributed by atoms with Crippen LogP contribution in [0.4, 0.5) is 0 Å². The van der Waals surface area contributed by atoms with Crippen molar-refractivity contribution < 1.29 is 29.3 Å². The van der Waals surface area contributed by atoms with Crippen LogP contribution in [0.25, 0.3) is 0 Å².